The van der Waals surface area contributed by atoms with Gasteiger partial charge in [0, 0.05) is 45.0 Å². The second kappa shape index (κ2) is 21.5. The van der Waals surface area contributed by atoms with Crippen molar-refractivity contribution in [3.8, 4) is 0 Å². The Morgan fingerprint density at radius 3 is 1.31 bits per heavy atom. The number of hydrogen-bond donors (Lipinski definition) is 4. The minimum absolute atomic E-state index is 0.0358. The third-order valence-electron chi connectivity index (χ3n) is 10.1. The van der Waals surface area contributed by atoms with Gasteiger partial charge in [-0.25, -0.2) is 9.59 Å². The van der Waals surface area contributed by atoms with Gasteiger partial charge in [-0.1, -0.05) is 54.7 Å². The first kappa shape index (κ1) is 48.0. The van der Waals surface area contributed by atoms with Crippen molar-refractivity contribution < 1.29 is 47.8 Å². The van der Waals surface area contributed by atoms with Crippen LogP contribution in [0.5, 0.6) is 0 Å². The molecule has 6 aromatic rings. The van der Waals surface area contributed by atoms with Gasteiger partial charge in [0.05, 0.1) is 22.3 Å². The van der Waals surface area contributed by atoms with Crippen LogP contribution < -0.4 is 21.3 Å². The lowest BCUT2D eigenvalue weighted by Crippen LogP contribution is -2.23. The monoisotopic (exact) mass is 916 g/mol. The number of ether oxygens (including phenoxy) is 2. The second-order valence-corrected chi connectivity index (χ2v) is 16.4. The SMILES string of the molecule is C=C(C)C(=O)COC(=O)c1ccc(Sc2ccc(C(=O)OCC(=O)C(=C)C)c(C(=O)Nc3ccc(C(=O)Nc4ccc5cc(NC(=O)c6ccc(C)cc6)ccc5c4)cc3)c2)cc1C(=O)NC. The van der Waals surface area contributed by atoms with Crippen molar-refractivity contribution in [1.82, 2.24) is 5.32 Å². The van der Waals surface area contributed by atoms with E-state index in [-0.39, 0.29) is 50.6 Å². The highest BCUT2D eigenvalue weighted by molar-refractivity contribution is 7.99. The van der Waals surface area contributed by atoms with Gasteiger partial charge >= 0.3 is 11.9 Å². The van der Waals surface area contributed by atoms with Gasteiger partial charge in [0.15, 0.2) is 24.8 Å². The molecule has 0 saturated carbocycles. The van der Waals surface area contributed by atoms with Crippen LogP contribution in [0.25, 0.3) is 10.8 Å². The number of benzene rings is 6. The molecule has 4 amide bonds. The molecule has 4 N–H and O–H groups in total. The maximum Gasteiger partial charge on any atom is 0.339 e. The number of hydrogen-bond acceptors (Lipinski definition) is 11. The summed E-state index contributed by atoms with van der Waals surface area (Å²) in [5.74, 6) is -4.79. The Bertz CT molecular complexity index is 3020. The Kier molecular flexibility index (Phi) is 15.4. The van der Waals surface area contributed by atoms with Crippen molar-refractivity contribution in [2.24, 2.45) is 0 Å². The zero-order chi connectivity index (χ0) is 48.4. The summed E-state index contributed by atoms with van der Waals surface area (Å²) in [4.78, 5) is 104. The first-order chi connectivity index (χ1) is 32.0. The van der Waals surface area contributed by atoms with Gasteiger partial charge in [-0.3, -0.25) is 28.8 Å². The largest absolute Gasteiger partial charge is 0.454 e. The van der Waals surface area contributed by atoms with Crippen molar-refractivity contribution in [1.29, 1.82) is 0 Å². The van der Waals surface area contributed by atoms with Crippen LogP contribution in [0.4, 0.5) is 17.1 Å². The van der Waals surface area contributed by atoms with Crippen LogP contribution in [0.3, 0.4) is 0 Å². The number of carbonyl (C=O) groups is 8. The number of rotatable bonds is 17. The number of fused-ring (bicyclic) bond motifs is 1. The molecule has 0 heterocycles. The lowest BCUT2D eigenvalue weighted by Gasteiger charge is -2.14. The van der Waals surface area contributed by atoms with Gasteiger partial charge in [0.25, 0.3) is 23.6 Å². The first-order valence-electron chi connectivity index (χ1n) is 20.5. The normalized spacial score (nSPS) is 10.6. The molecular formula is C52H44N4O10S. The van der Waals surface area contributed by atoms with Gasteiger partial charge in [-0.2, -0.15) is 0 Å². The highest BCUT2D eigenvalue weighted by atomic mass is 32.2. The maximum atomic E-state index is 13.9. The fourth-order valence-electron chi connectivity index (χ4n) is 6.26. The number of amides is 4. The molecule has 0 aliphatic carbocycles. The second-order valence-electron chi connectivity index (χ2n) is 15.2. The maximum absolute atomic E-state index is 13.9. The summed E-state index contributed by atoms with van der Waals surface area (Å²) in [5, 5.41) is 12.7. The van der Waals surface area contributed by atoms with E-state index in [0.717, 1.165) is 28.1 Å². The van der Waals surface area contributed by atoms with E-state index in [0.29, 0.717) is 26.7 Å². The number of ketones is 2. The summed E-state index contributed by atoms with van der Waals surface area (Å²) >= 11 is 1.11. The lowest BCUT2D eigenvalue weighted by molar-refractivity contribution is -0.119. The van der Waals surface area contributed by atoms with E-state index in [1.807, 2.05) is 37.3 Å². The zero-order valence-corrected chi connectivity index (χ0v) is 37.7. The summed E-state index contributed by atoms with van der Waals surface area (Å²) in [6.45, 7) is 10.9. The average Bonchev–Trinajstić information content (AvgIpc) is 3.32. The molecule has 0 unspecified atom stereocenters. The predicted molar refractivity (Wildman–Crippen MR) is 256 cm³/mol. The van der Waals surface area contributed by atoms with Crippen molar-refractivity contribution in [2.75, 3.05) is 36.2 Å². The van der Waals surface area contributed by atoms with Crippen molar-refractivity contribution in [2.45, 2.75) is 30.6 Å². The van der Waals surface area contributed by atoms with Crippen LogP contribution in [-0.4, -0.2) is 67.4 Å². The Morgan fingerprint density at radius 2 is 0.881 bits per heavy atom. The third-order valence-corrected chi connectivity index (χ3v) is 11.0. The highest BCUT2D eigenvalue weighted by Crippen LogP contribution is 2.32. The number of carbonyl (C=O) groups excluding carboxylic acids is 8. The number of nitrogens with one attached hydrogen (secondary N) is 4. The summed E-state index contributed by atoms with van der Waals surface area (Å²) in [5.41, 5.74) is 3.31. The molecule has 15 heteroatoms. The van der Waals surface area contributed by atoms with E-state index < -0.39 is 54.4 Å². The Balaban J connectivity index is 1.17. The molecule has 0 spiro atoms. The minimum Gasteiger partial charge on any atom is -0.454 e. The lowest BCUT2D eigenvalue weighted by atomic mass is 10.1. The molecule has 0 fully saturated rings. The van der Waals surface area contributed by atoms with Gasteiger partial charge in [-0.15, -0.1) is 0 Å². The van der Waals surface area contributed by atoms with E-state index in [1.54, 1.807) is 36.4 Å². The van der Waals surface area contributed by atoms with E-state index >= 15 is 0 Å². The van der Waals surface area contributed by atoms with E-state index in [4.69, 9.17) is 9.47 Å². The molecule has 0 aromatic heterocycles. The first-order valence-corrected chi connectivity index (χ1v) is 21.4. The van der Waals surface area contributed by atoms with Crippen LogP contribution in [0.15, 0.2) is 155 Å². The van der Waals surface area contributed by atoms with Crippen molar-refractivity contribution >= 4 is 86.7 Å². The van der Waals surface area contributed by atoms with Crippen molar-refractivity contribution in [3.05, 3.63) is 185 Å². The Hall–Kier alpha value is -8.43. The smallest absolute Gasteiger partial charge is 0.339 e. The van der Waals surface area contributed by atoms with E-state index in [1.165, 1.54) is 75.5 Å². The molecule has 0 bridgehead atoms. The third kappa shape index (κ3) is 12.4. The number of Topliss-reactive ketones (excluding diaryl/α,β-unsaturated/α-hetero) is 2. The quantitative estimate of drug-likeness (QED) is 0.0502. The van der Waals surface area contributed by atoms with E-state index in [2.05, 4.69) is 34.4 Å². The predicted octanol–water partition coefficient (Wildman–Crippen LogP) is 9.02. The molecule has 6 aromatic carbocycles. The standard InChI is InChI=1S/C52H44N4O10S/c1-29(2)45(57)27-65-51(63)41-21-19-39(25-43(41)49(61)53-6)67-40-20-22-42(52(64)66-28-46(58)30(3)4)44(26-40)50(62)54-36-15-11-33(12-16-36)48(60)56-38-18-14-34-23-37(17-13-35(34)24-38)55-47(59)32-9-7-31(5)8-10-32/h7-26H,1,3,27-28H2,2,4-6H3,(H,53,61)(H,54,62)(H,55,59)(H,56,60). The Labute approximate surface area is 389 Å². The highest BCUT2D eigenvalue weighted by Gasteiger charge is 2.23. The minimum atomic E-state index is -0.947. The van der Waals surface area contributed by atoms with Crippen LogP contribution in [0, 0.1) is 6.92 Å². The summed E-state index contributed by atoms with van der Waals surface area (Å²) in [7, 11) is 1.39. The number of aryl methyl sites for hydroxylation is 1. The number of esters is 2. The molecule has 0 saturated heterocycles. The van der Waals surface area contributed by atoms with Gasteiger partial charge in [-0.05, 0) is 140 Å². The van der Waals surface area contributed by atoms with Gasteiger partial charge in [0.2, 0.25) is 0 Å². The van der Waals surface area contributed by atoms with E-state index in [9.17, 15) is 38.4 Å². The molecular weight excluding hydrogens is 873 g/mol. The fourth-order valence-corrected chi connectivity index (χ4v) is 7.15. The van der Waals surface area contributed by atoms with Crippen LogP contribution in [0.2, 0.25) is 0 Å². The zero-order valence-electron chi connectivity index (χ0n) is 36.9. The van der Waals surface area contributed by atoms with Crippen molar-refractivity contribution in [3.63, 3.8) is 0 Å². The Morgan fingerprint density at radius 1 is 0.478 bits per heavy atom. The van der Waals surface area contributed by atoms with Crippen LogP contribution in [0.1, 0.15) is 81.6 Å². The molecule has 0 atom stereocenters. The average molecular weight is 917 g/mol. The summed E-state index contributed by atoms with van der Waals surface area (Å²) in [6, 6.07) is 32.9. The number of anilines is 3. The molecule has 14 nitrogen and oxygen atoms in total. The molecule has 338 valence electrons. The molecule has 6 rings (SSSR count). The van der Waals surface area contributed by atoms with Gasteiger partial charge < -0.3 is 30.7 Å². The molecule has 0 radical (unpaired) electrons. The molecule has 67 heavy (non-hydrogen) atoms. The summed E-state index contributed by atoms with van der Waals surface area (Å²) < 4.78 is 10.3. The van der Waals surface area contributed by atoms with Crippen LogP contribution in [-0.2, 0) is 19.1 Å². The molecule has 0 aliphatic heterocycles. The molecule has 0 aliphatic rings. The topological polar surface area (TPSA) is 203 Å². The fraction of sp³-hybridized carbons (Fsp3) is 0.115. The van der Waals surface area contributed by atoms with Gasteiger partial charge in [0.1, 0.15) is 0 Å². The van der Waals surface area contributed by atoms with Crippen LogP contribution >= 0.6 is 11.8 Å². The summed E-state index contributed by atoms with van der Waals surface area (Å²) in [6.07, 6.45) is 0.